The smallest absolute Gasteiger partial charge is 0.134 e. The van der Waals surface area contributed by atoms with Crippen LogP contribution in [0.1, 0.15) is 113 Å². The molecule has 196 valence electrons. The van der Waals surface area contributed by atoms with Crippen LogP contribution in [-0.4, -0.2) is 0 Å². The van der Waals surface area contributed by atoms with Crippen molar-refractivity contribution >= 4 is 10.8 Å². The van der Waals surface area contributed by atoms with Gasteiger partial charge in [0.1, 0.15) is 5.82 Å². The van der Waals surface area contributed by atoms with E-state index in [2.05, 4.69) is 56.0 Å². The Bertz CT molecular complexity index is 1170. The summed E-state index contributed by atoms with van der Waals surface area (Å²) in [5.41, 5.74) is 4.22. The first-order chi connectivity index (χ1) is 18.2. The van der Waals surface area contributed by atoms with Crippen LogP contribution in [0.15, 0.2) is 54.6 Å². The van der Waals surface area contributed by atoms with Crippen molar-refractivity contribution < 1.29 is 4.39 Å². The first-order valence-corrected chi connectivity index (χ1v) is 15.0. The number of hydrogen-bond acceptors (Lipinski definition) is 0. The van der Waals surface area contributed by atoms with Gasteiger partial charge in [-0.25, -0.2) is 4.39 Å². The number of rotatable bonds is 11. The van der Waals surface area contributed by atoms with Crippen LogP contribution >= 0.6 is 0 Å². The van der Waals surface area contributed by atoms with E-state index >= 15 is 4.39 Å². The Morgan fingerprint density at radius 1 is 0.676 bits per heavy atom. The third-order valence-corrected chi connectivity index (χ3v) is 8.39. The van der Waals surface area contributed by atoms with Crippen molar-refractivity contribution in [1.82, 2.24) is 0 Å². The minimum Gasteiger partial charge on any atom is -0.206 e. The van der Waals surface area contributed by atoms with Gasteiger partial charge in [-0.2, -0.15) is 0 Å². The summed E-state index contributed by atoms with van der Waals surface area (Å²) in [5.74, 6) is 8.22. The van der Waals surface area contributed by atoms with E-state index in [9.17, 15) is 0 Å². The van der Waals surface area contributed by atoms with Crippen LogP contribution in [0.5, 0.6) is 0 Å². The van der Waals surface area contributed by atoms with Crippen LogP contribution < -0.4 is 0 Å². The topological polar surface area (TPSA) is 0 Å². The first kappa shape index (κ1) is 27.4. The molecule has 37 heavy (non-hydrogen) atoms. The van der Waals surface area contributed by atoms with E-state index in [4.69, 9.17) is 0 Å². The molecule has 0 spiro atoms. The second-order valence-corrected chi connectivity index (χ2v) is 11.3. The molecule has 0 nitrogen and oxygen atoms in total. The molecular weight excluding hydrogens is 451 g/mol. The maximum atomic E-state index is 15.3. The van der Waals surface area contributed by atoms with Gasteiger partial charge in [0.25, 0.3) is 0 Å². The van der Waals surface area contributed by atoms with Gasteiger partial charge in [-0.1, -0.05) is 120 Å². The first-order valence-electron chi connectivity index (χ1n) is 15.0. The van der Waals surface area contributed by atoms with Crippen LogP contribution in [0.3, 0.4) is 0 Å². The summed E-state index contributed by atoms with van der Waals surface area (Å²) in [6.07, 6.45) is 17.7. The number of aryl methyl sites for hydroxylation is 2. The summed E-state index contributed by atoms with van der Waals surface area (Å²) in [6, 6.07) is 18.6. The molecule has 0 amide bonds. The third-order valence-electron chi connectivity index (χ3n) is 8.39. The number of unbranched alkanes of at least 4 members (excludes halogenated alkanes) is 4. The molecule has 0 saturated heterocycles. The van der Waals surface area contributed by atoms with Crippen molar-refractivity contribution in [1.29, 1.82) is 0 Å². The van der Waals surface area contributed by atoms with Crippen LogP contribution in [0.25, 0.3) is 10.8 Å². The molecule has 0 N–H and O–H groups in total. The largest absolute Gasteiger partial charge is 0.206 e. The highest BCUT2D eigenvalue weighted by Gasteiger charge is 2.21. The minimum absolute atomic E-state index is 0.0399. The minimum atomic E-state index is -0.0399. The molecule has 1 aliphatic carbocycles. The average molecular weight is 497 g/mol. The molecule has 1 fully saturated rings. The van der Waals surface area contributed by atoms with Gasteiger partial charge in [-0.05, 0) is 78.3 Å². The molecule has 1 heteroatoms. The van der Waals surface area contributed by atoms with E-state index in [0.29, 0.717) is 0 Å². The van der Waals surface area contributed by atoms with Gasteiger partial charge in [-0.3, -0.25) is 0 Å². The maximum Gasteiger partial charge on any atom is 0.134 e. The zero-order chi connectivity index (χ0) is 25.9. The number of hydrogen-bond donors (Lipinski definition) is 0. The molecule has 3 aromatic rings. The number of halogens is 1. The fraction of sp³-hybridized carbons (Fsp3) is 0.500. The lowest BCUT2D eigenvalue weighted by atomic mass is 9.78. The molecule has 0 radical (unpaired) electrons. The van der Waals surface area contributed by atoms with Crippen molar-refractivity contribution in [3.8, 4) is 11.8 Å². The Morgan fingerprint density at radius 3 is 2.08 bits per heavy atom. The highest BCUT2D eigenvalue weighted by molar-refractivity contribution is 5.85. The van der Waals surface area contributed by atoms with Crippen LogP contribution in [-0.2, 0) is 12.8 Å². The number of fused-ring (bicyclic) bond motifs is 1. The molecular formula is C36H45F. The van der Waals surface area contributed by atoms with E-state index in [1.54, 1.807) is 0 Å². The van der Waals surface area contributed by atoms with Crippen LogP contribution in [0.4, 0.5) is 4.39 Å². The molecule has 1 aliphatic rings. The van der Waals surface area contributed by atoms with Crippen molar-refractivity contribution in [2.24, 2.45) is 11.8 Å². The second-order valence-electron chi connectivity index (χ2n) is 11.3. The Kier molecular flexibility index (Phi) is 10.7. The SMILES string of the molecule is CCCCCCCc1ccc(C#Cc2ccc3c(F)c(CCC4CCC(CCC)CC4)ccc3c2)cc1. The molecule has 3 aromatic carbocycles. The number of benzene rings is 3. The summed E-state index contributed by atoms with van der Waals surface area (Å²) in [5, 5.41) is 1.66. The summed E-state index contributed by atoms with van der Waals surface area (Å²) < 4.78 is 15.3. The molecule has 4 rings (SSSR count). The van der Waals surface area contributed by atoms with Crippen molar-refractivity contribution in [2.45, 2.75) is 104 Å². The highest BCUT2D eigenvalue weighted by atomic mass is 19.1. The predicted octanol–water partition coefficient (Wildman–Crippen LogP) is 10.4. The lowest BCUT2D eigenvalue weighted by Crippen LogP contribution is -2.15. The molecule has 0 unspecified atom stereocenters. The zero-order valence-corrected chi connectivity index (χ0v) is 23.1. The lowest BCUT2D eigenvalue weighted by Gasteiger charge is -2.28. The summed E-state index contributed by atoms with van der Waals surface area (Å²) in [4.78, 5) is 0. The summed E-state index contributed by atoms with van der Waals surface area (Å²) in [7, 11) is 0. The van der Waals surface area contributed by atoms with Crippen LogP contribution in [0.2, 0.25) is 0 Å². The Balaban J connectivity index is 1.32. The van der Waals surface area contributed by atoms with Crippen molar-refractivity contribution in [3.05, 3.63) is 82.7 Å². The van der Waals surface area contributed by atoms with Gasteiger partial charge in [0.05, 0.1) is 0 Å². The van der Waals surface area contributed by atoms with Gasteiger partial charge in [-0.15, -0.1) is 0 Å². The zero-order valence-electron chi connectivity index (χ0n) is 23.1. The van der Waals surface area contributed by atoms with Gasteiger partial charge in [0.2, 0.25) is 0 Å². The summed E-state index contributed by atoms with van der Waals surface area (Å²) in [6.45, 7) is 4.55. The average Bonchev–Trinajstić information content (AvgIpc) is 2.93. The Labute approximate surface area is 225 Å². The van der Waals surface area contributed by atoms with E-state index < -0.39 is 0 Å². The van der Waals surface area contributed by atoms with E-state index in [1.807, 2.05) is 24.3 Å². The van der Waals surface area contributed by atoms with E-state index in [0.717, 1.165) is 58.6 Å². The normalized spacial score (nSPS) is 17.5. The lowest BCUT2D eigenvalue weighted by molar-refractivity contribution is 0.252. The van der Waals surface area contributed by atoms with Crippen LogP contribution in [0, 0.1) is 29.5 Å². The molecule has 0 atom stereocenters. The molecule has 1 saturated carbocycles. The molecule has 0 bridgehead atoms. The van der Waals surface area contributed by atoms with Gasteiger partial charge in [0, 0.05) is 16.5 Å². The van der Waals surface area contributed by atoms with E-state index in [1.165, 1.54) is 76.2 Å². The third kappa shape index (κ3) is 8.20. The quantitative estimate of drug-likeness (QED) is 0.183. The monoisotopic (exact) mass is 496 g/mol. The van der Waals surface area contributed by atoms with Gasteiger partial charge < -0.3 is 0 Å². The van der Waals surface area contributed by atoms with Gasteiger partial charge in [0.15, 0.2) is 0 Å². The fourth-order valence-electron chi connectivity index (χ4n) is 6.02. The second kappa shape index (κ2) is 14.4. The van der Waals surface area contributed by atoms with Crippen molar-refractivity contribution in [2.75, 3.05) is 0 Å². The highest BCUT2D eigenvalue weighted by Crippen LogP contribution is 2.34. The predicted molar refractivity (Wildman–Crippen MR) is 157 cm³/mol. The summed E-state index contributed by atoms with van der Waals surface area (Å²) >= 11 is 0. The Morgan fingerprint density at radius 2 is 1.35 bits per heavy atom. The van der Waals surface area contributed by atoms with Gasteiger partial charge >= 0.3 is 0 Å². The Hall–Kier alpha value is -2.59. The van der Waals surface area contributed by atoms with E-state index in [-0.39, 0.29) is 5.82 Å². The molecule has 0 heterocycles. The standard InChI is InChI=1S/C36H45F/c1-3-5-6-7-8-10-29-13-17-30(18-14-29)19-20-32-22-26-35-34(27-32)25-24-33(36(35)37)23-21-31-15-11-28(9-4-2)12-16-31/h13-14,17-18,22,24-28,31H,3-12,15-16,21,23H2,1-2H3. The molecule has 0 aromatic heterocycles. The maximum absolute atomic E-state index is 15.3. The van der Waals surface area contributed by atoms with Crippen molar-refractivity contribution in [3.63, 3.8) is 0 Å². The molecule has 0 aliphatic heterocycles. The fourth-order valence-corrected chi connectivity index (χ4v) is 6.02.